The van der Waals surface area contributed by atoms with Crippen LogP contribution < -0.4 is 0 Å². The lowest BCUT2D eigenvalue weighted by Gasteiger charge is -2.33. The number of nitrogens with one attached hydrogen (secondary N) is 1. The number of hydrogen-bond donors (Lipinski definition) is 1. The highest BCUT2D eigenvalue weighted by Crippen LogP contribution is 2.28. The smallest absolute Gasteiger partial charge is 0.257 e. The van der Waals surface area contributed by atoms with Crippen LogP contribution in [0.3, 0.4) is 0 Å². The van der Waals surface area contributed by atoms with Gasteiger partial charge in [0.05, 0.1) is 30.2 Å². The first kappa shape index (κ1) is 17.2. The molecule has 1 amide bonds. The molecule has 4 rings (SSSR count). The molecular formula is C20H25N3O3. The summed E-state index contributed by atoms with van der Waals surface area (Å²) in [5.74, 6) is 0.382. The molecule has 1 atom stereocenters. The number of nitrogens with zero attached hydrogens (tertiary/aromatic N) is 2. The van der Waals surface area contributed by atoms with Crippen LogP contribution >= 0.6 is 0 Å². The predicted octanol–water partition coefficient (Wildman–Crippen LogP) is 2.39. The first-order valence-corrected chi connectivity index (χ1v) is 9.37. The van der Waals surface area contributed by atoms with E-state index >= 15 is 0 Å². The lowest BCUT2D eigenvalue weighted by molar-refractivity contribution is -0.0209. The van der Waals surface area contributed by atoms with Crippen molar-refractivity contribution in [3.8, 4) is 0 Å². The molecule has 26 heavy (non-hydrogen) atoms. The Morgan fingerprint density at radius 3 is 2.81 bits per heavy atom. The fraction of sp³-hybridized carbons (Fsp3) is 0.500. The summed E-state index contributed by atoms with van der Waals surface area (Å²) in [4.78, 5) is 15.0. The molecule has 1 unspecified atom stereocenters. The highest BCUT2D eigenvalue weighted by molar-refractivity contribution is 5.95. The van der Waals surface area contributed by atoms with Crippen molar-refractivity contribution in [2.24, 2.45) is 0 Å². The van der Waals surface area contributed by atoms with Crippen LogP contribution in [0.15, 0.2) is 36.5 Å². The Bertz CT molecular complexity index is 725. The van der Waals surface area contributed by atoms with E-state index in [9.17, 15) is 4.79 Å². The molecule has 2 fully saturated rings. The van der Waals surface area contributed by atoms with Crippen LogP contribution in [0.4, 0.5) is 0 Å². The van der Waals surface area contributed by atoms with Gasteiger partial charge in [-0.2, -0.15) is 5.10 Å². The lowest BCUT2D eigenvalue weighted by Crippen LogP contribution is -2.46. The molecule has 0 spiro atoms. The molecule has 6 nitrogen and oxygen atoms in total. The SMILES string of the molecule is O=C(c1cn[nH]c1C1CCOCC1)N1CCOC(Cc2ccccc2)C1. The second kappa shape index (κ2) is 8.01. The number of aromatic nitrogens is 2. The fourth-order valence-electron chi connectivity index (χ4n) is 3.84. The van der Waals surface area contributed by atoms with Crippen molar-refractivity contribution in [1.29, 1.82) is 0 Å². The maximum absolute atomic E-state index is 13.1. The summed E-state index contributed by atoms with van der Waals surface area (Å²) in [7, 11) is 0. The molecule has 2 aliphatic rings. The maximum atomic E-state index is 13.1. The fourth-order valence-corrected chi connectivity index (χ4v) is 3.84. The molecule has 0 bridgehead atoms. The highest BCUT2D eigenvalue weighted by Gasteiger charge is 2.30. The third kappa shape index (κ3) is 3.81. The van der Waals surface area contributed by atoms with Gasteiger partial charge in [-0.15, -0.1) is 0 Å². The standard InChI is InChI=1S/C20H25N3O3/c24-20(18-13-21-22-19(18)16-6-9-25-10-7-16)23-8-11-26-17(14-23)12-15-4-2-1-3-5-15/h1-5,13,16-17H,6-12,14H2,(H,21,22). The van der Waals surface area contributed by atoms with Gasteiger partial charge < -0.3 is 14.4 Å². The van der Waals surface area contributed by atoms with Crippen LogP contribution in [0, 0.1) is 0 Å². The van der Waals surface area contributed by atoms with E-state index in [0.717, 1.165) is 38.2 Å². The number of benzene rings is 1. The first-order valence-electron chi connectivity index (χ1n) is 9.37. The quantitative estimate of drug-likeness (QED) is 0.914. The van der Waals surface area contributed by atoms with E-state index in [1.807, 2.05) is 23.1 Å². The van der Waals surface area contributed by atoms with Gasteiger partial charge in [0.25, 0.3) is 5.91 Å². The Hall–Kier alpha value is -2.18. The molecule has 0 aliphatic carbocycles. The summed E-state index contributed by atoms with van der Waals surface area (Å²) >= 11 is 0. The Morgan fingerprint density at radius 1 is 1.19 bits per heavy atom. The average Bonchev–Trinajstić information content (AvgIpc) is 3.19. The van der Waals surface area contributed by atoms with Gasteiger partial charge in [0, 0.05) is 38.6 Å². The van der Waals surface area contributed by atoms with E-state index in [-0.39, 0.29) is 12.0 Å². The zero-order valence-electron chi connectivity index (χ0n) is 14.9. The lowest BCUT2D eigenvalue weighted by atomic mass is 9.93. The molecule has 1 aromatic carbocycles. The number of ether oxygens (including phenoxy) is 2. The number of rotatable bonds is 4. The van der Waals surface area contributed by atoms with Crippen LogP contribution in [-0.4, -0.2) is 60.0 Å². The minimum atomic E-state index is 0.0357. The van der Waals surface area contributed by atoms with Gasteiger partial charge in [-0.1, -0.05) is 30.3 Å². The summed E-state index contributed by atoms with van der Waals surface area (Å²) in [6.07, 6.45) is 4.40. The van der Waals surface area contributed by atoms with Crippen LogP contribution in [0.2, 0.25) is 0 Å². The van der Waals surface area contributed by atoms with Gasteiger partial charge >= 0.3 is 0 Å². The number of hydrogen-bond acceptors (Lipinski definition) is 4. The van der Waals surface area contributed by atoms with Crippen molar-refractivity contribution in [2.75, 3.05) is 32.9 Å². The largest absolute Gasteiger partial charge is 0.381 e. The first-order chi connectivity index (χ1) is 12.8. The number of carbonyl (C=O) groups excluding carboxylic acids is 1. The summed E-state index contributed by atoms with van der Waals surface area (Å²) in [6.45, 7) is 3.31. The minimum Gasteiger partial charge on any atom is -0.381 e. The topological polar surface area (TPSA) is 67.5 Å². The second-order valence-electron chi connectivity index (χ2n) is 7.02. The van der Waals surface area contributed by atoms with Crippen molar-refractivity contribution in [3.63, 3.8) is 0 Å². The Labute approximate surface area is 153 Å². The van der Waals surface area contributed by atoms with Crippen LogP contribution in [0.25, 0.3) is 0 Å². The average molecular weight is 355 g/mol. The van der Waals surface area contributed by atoms with E-state index in [1.54, 1.807) is 6.20 Å². The molecule has 3 heterocycles. The third-order valence-electron chi connectivity index (χ3n) is 5.26. The summed E-state index contributed by atoms with van der Waals surface area (Å²) in [5, 5.41) is 7.22. The van der Waals surface area contributed by atoms with Gasteiger partial charge in [-0.05, 0) is 18.4 Å². The zero-order chi connectivity index (χ0) is 17.8. The number of amides is 1. The molecule has 2 aliphatic heterocycles. The highest BCUT2D eigenvalue weighted by atomic mass is 16.5. The number of aromatic amines is 1. The maximum Gasteiger partial charge on any atom is 0.257 e. The molecule has 0 saturated carbocycles. The van der Waals surface area contributed by atoms with Crippen LogP contribution in [0.1, 0.15) is 40.4 Å². The van der Waals surface area contributed by atoms with Crippen LogP contribution in [-0.2, 0) is 15.9 Å². The molecule has 1 aromatic heterocycles. The molecule has 2 saturated heterocycles. The summed E-state index contributed by atoms with van der Waals surface area (Å²) in [5.41, 5.74) is 2.90. The Morgan fingerprint density at radius 2 is 2.00 bits per heavy atom. The minimum absolute atomic E-state index is 0.0357. The summed E-state index contributed by atoms with van der Waals surface area (Å²) in [6, 6.07) is 10.3. The molecule has 1 N–H and O–H groups in total. The van der Waals surface area contributed by atoms with Gasteiger partial charge in [0.1, 0.15) is 0 Å². The van der Waals surface area contributed by atoms with E-state index in [2.05, 4.69) is 22.3 Å². The van der Waals surface area contributed by atoms with Crippen molar-refractivity contribution in [3.05, 3.63) is 53.3 Å². The number of morpholine rings is 1. The van der Waals surface area contributed by atoms with Crippen molar-refractivity contribution >= 4 is 5.91 Å². The van der Waals surface area contributed by atoms with E-state index < -0.39 is 0 Å². The summed E-state index contributed by atoms with van der Waals surface area (Å²) < 4.78 is 11.3. The van der Waals surface area contributed by atoms with E-state index in [0.29, 0.717) is 31.2 Å². The van der Waals surface area contributed by atoms with Crippen LogP contribution in [0.5, 0.6) is 0 Å². The second-order valence-corrected chi connectivity index (χ2v) is 7.02. The number of carbonyl (C=O) groups is 1. The van der Waals surface area contributed by atoms with Gasteiger partial charge in [0.15, 0.2) is 0 Å². The molecule has 138 valence electrons. The monoisotopic (exact) mass is 355 g/mol. The van der Waals surface area contributed by atoms with E-state index in [1.165, 1.54) is 5.56 Å². The Kier molecular flexibility index (Phi) is 5.32. The third-order valence-corrected chi connectivity index (χ3v) is 5.26. The normalized spacial score (nSPS) is 21.7. The molecule has 6 heteroatoms. The van der Waals surface area contributed by atoms with Crippen molar-refractivity contribution in [1.82, 2.24) is 15.1 Å². The molecular weight excluding hydrogens is 330 g/mol. The molecule has 2 aromatic rings. The molecule has 0 radical (unpaired) electrons. The van der Waals surface area contributed by atoms with E-state index in [4.69, 9.17) is 9.47 Å². The van der Waals surface area contributed by atoms with Gasteiger partial charge in [-0.3, -0.25) is 9.89 Å². The van der Waals surface area contributed by atoms with Crippen molar-refractivity contribution in [2.45, 2.75) is 31.3 Å². The number of H-pyrrole nitrogens is 1. The van der Waals surface area contributed by atoms with Gasteiger partial charge in [-0.25, -0.2) is 0 Å². The Balaban J connectivity index is 1.44. The van der Waals surface area contributed by atoms with Crippen molar-refractivity contribution < 1.29 is 14.3 Å². The van der Waals surface area contributed by atoms with Gasteiger partial charge in [0.2, 0.25) is 0 Å². The zero-order valence-corrected chi connectivity index (χ0v) is 14.9. The predicted molar refractivity (Wildman–Crippen MR) is 97.2 cm³/mol.